The fourth-order valence-corrected chi connectivity index (χ4v) is 3.02. The molecule has 1 aromatic rings. The zero-order valence-corrected chi connectivity index (χ0v) is 12.8. The topological polar surface area (TPSA) is 57.2 Å². The second kappa shape index (κ2) is 7.53. The summed E-state index contributed by atoms with van der Waals surface area (Å²) in [6.07, 6.45) is 2.14. The molecule has 0 spiro atoms. The van der Waals surface area contributed by atoms with E-state index in [0.29, 0.717) is 52.1 Å². The molecule has 2 aliphatic rings. The molecule has 5 heteroatoms. The fourth-order valence-electron chi connectivity index (χ4n) is 3.02. The van der Waals surface area contributed by atoms with Crippen LogP contribution in [0.3, 0.4) is 0 Å². The van der Waals surface area contributed by atoms with Gasteiger partial charge in [0.25, 0.3) is 0 Å². The molecule has 22 heavy (non-hydrogen) atoms. The van der Waals surface area contributed by atoms with Gasteiger partial charge < -0.3 is 24.1 Å². The van der Waals surface area contributed by atoms with Crippen LogP contribution in [0.25, 0.3) is 0 Å². The van der Waals surface area contributed by atoms with E-state index in [9.17, 15) is 5.11 Å². The van der Waals surface area contributed by atoms with E-state index in [1.165, 1.54) is 0 Å². The van der Waals surface area contributed by atoms with Gasteiger partial charge in [-0.25, -0.2) is 0 Å². The average molecular weight is 308 g/mol. The summed E-state index contributed by atoms with van der Waals surface area (Å²) in [4.78, 5) is 0. The quantitative estimate of drug-likeness (QED) is 0.836. The Morgan fingerprint density at radius 1 is 0.818 bits per heavy atom. The molecule has 1 N–H and O–H groups in total. The van der Waals surface area contributed by atoms with Crippen molar-refractivity contribution in [3.05, 3.63) is 35.9 Å². The standard InChI is InChI=1S/C17H24O5/c18-17(14-4-2-1-3-5-14,8-6-15-19-10-11-20-15)9-7-16-21-12-13-22-16/h1-5,15-16,18H,6-13H2. The van der Waals surface area contributed by atoms with E-state index >= 15 is 0 Å². The Morgan fingerprint density at radius 2 is 1.27 bits per heavy atom. The second-order valence-corrected chi connectivity index (χ2v) is 5.82. The highest BCUT2D eigenvalue weighted by Gasteiger charge is 2.32. The van der Waals surface area contributed by atoms with Gasteiger partial charge >= 0.3 is 0 Å². The smallest absolute Gasteiger partial charge is 0.157 e. The maximum Gasteiger partial charge on any atom is 0.157 e. The molecule has 0 bridgehead atoms. The van der Waals surface area contributed by atoms with Crippen LogP contribution in [0.2, 0.25) is 0 Å². The molecule has 0 atom stereocenters. The Hall–Kier alpha value is -0.980. The monoisotopic (exact) mass is 308 g/mol. The van der Waals surface area contributed by atoms with Crippen molar-refractivity contribution < 1.29 is 24.1 Å². The van der Waals surface area contributed by atoms with Gasteiger partial charge in [-0.1, -0.05) is 30.3 Å². The fraction of sp³-hybridized carbons (Fsp3) is 0.647. The normalized spacial score (nSPS) is 20.8. The van der Waals surface area contributed by atoms with Crippen LogP contribution in [0.4, 0.5) is 0 Å². The lowest BCUT2D eigenvalue weighted by Gasteiger charge is -2.30. The zero-order valence-electron chi connectivity index (χ0n) is 12.8. The van der Waals surface area contributed by atoms with Crippen molar-refractivity contribution in [3.8, 4) is 0 Å². The van der Waals surface area contributed by atoms with E-state index in [4.69, 9.17) is 18.9 Å². The first-order valence-electron chi connectivity index (χ1n) is 8.01. The maximum absolute atomic E-state index is 11.2. The molecule has 2 aliphatic heterocycles. The lowest BCUT2D eigenvalue weighted by Crippen LogP contribution is -2.29. The van der Waals surface area contributed by atoms with Gasteiger partial charge in [-0.3, -0.25) is 0 Å². The molecular formula is C17H24O5. The highest BCUT2D eigenvalue weighted by atomic mass is 16.7. The van der Waals surface area contributed by atoms with E-state index < -0.39 is 5.60 Å². The molecule has 5 nitrogen and oxygen atoms in total. The summed E-state index contributed by atoms with van der Waals surface area (Å²) in [5.74, 6) is 0. The SMILES string of the molecule is OC(CCC1OCCO1)(CCC1OCCO1)c1ccccc1. The number of benzene rings is 1. The van der Waals surface area contributed by atoms with E-state index in [-0.39, 0.29) is 12.6 Å². The van der Waals surface area contributed by atoms with Gasteiger partial charge in [0, 0.05) is 12.8 Å². The highest BCUT2D eigenvalue weighted by Crippen LogP contribution is 2.34. The molecule has 3 rings (SSSR count). The Bertz CT molecular complexity index is 418. The molecule has 0 saturated carbocycles. The molecule has 1 aromatic carbocycles. The predicted octanol–water partition coefficient (Wildman–Crippen LogP) is 2.18. The molecule has 122 valence electrons. The number of hydrogen-bond acceptors (Lipinski definition) is 5. The van der Waals surface area contributed by atoms with Gasteiger partial charge in [0.2, 0.25) is 0 Å². The van der Waals surface area contributed by atoms with Crippen molar-refractivity contribution in [3.63, 3.8) is 0 Å². The Kier molecular flexibility index (Phi) is 5.44. The van der Waals surface area contributed by atoms with Gasteiger partial charge in [0.1, 0.15) is 0 Å². The van der Waals surface area contributed by atoms with Gasteiger partial charge in [-0.2, -0.15) is 0 Å². The minimum Gasteiger partial charge on any atom is -0.385 e. The lowest BCUT2D eigenvalue weighted by molar-refractivity contribution is -0.0876. The number of ether oxygens (including phenoxy) is 4. The molecular weight excluding hydrogens is 284 g/mol. The molecule has 2 saturated heterocycles. The summed E-state index contributed by atoms with van der Waals surface area (Å²) in [6, 6.07) is 9.78. The van der Waals surface area contributed by atoms with E-state index in [1.54, 1.807) is 0 Å². The summed E-state index contributed by atoms with van der Waals surface area (Å²) in [5, 5.41) is 11.2. The summed E-state index contributed by atoms with van der Waals surface area (Å²) in [5.41, 5.74) is 0.0114. The van der Waals surface area contributed by atoms with Crippen molar-refractivity contribution in [2.75, 3.05) is 26.4 Å². The number of aliphatic hydroxyl groups is 1. The zero-order chi connectivity index (χ0) is 15.3. The Balaban J connectivity index is 1.63. The first-order valence-corrected chi connectivity index (χ1v) is 8.01. The third-order valence-electron chi connectivity index (χ3n) is 4.28. The largest absolute Gasteiger partial charge is 0.385 e. The van der Waals surface area contributed by atoms with Crippen molar-refractivity contribution in [1.82, 2.24) is 0 Å². The van der Waals surface area contributed by atoms with E-state index in [1.807, 2.05) is 30.3 Å². The number of hydrogen-bond donors (Lipinski definition) is 1. The van der Waals surface area contributed by atoms with Gasteiger partial charge in [-0.15, -0.1) is 0 Å². The van der Waals surface area contributed by atoms with Crippen molar-refractivity contribution >= 4 is 0 Å². The first-order chi connectivity index (χ1) is 10.8. The third kappa shape index (κ3) is 4.06. The van der Waals surface area contributed by atoms with Crippen molar-refractivity contribution in [2.45, 2.75) is 43.9 Å². The van der Waals surface area contributed by atoms with Crippen LogP contribution in [0.15, 0.2) is 30.3 Å². The van der Waals surface area contributed by atoms with Crippen LogP contribution in [0.5, 0.6) is 0 Å². The second-order valence-electron chi connectivity index (χ2n) is 5.82. The van der Waals surface area contributed by atoms with Crippen LogP contribution < -0.4 is 0 Å². The minimum absolute atomic E-state index is 0.200. The van der Waals surface area contributed by atoms with E-state index in [2.05, 4.69) is 0 Å². The minimum atomic E-state index is -0.911. The lowest BCUT2D eigenvalue weighted by atomic mass is 9.85. The summed E-state index contributed by atoms with van der Waals surface area (Å²) in [6.45, 7) is 2.55. The van der Waals surface area contributed by atoms with Crippen LogP contribution in [-0.2, 0) is 24.5 Å². The van der Waals surface area contributed by atoms with Crippen LogP contribution >= 0.6 is 0 Å². The maximum atomic E-state index is 11.2. The molecule has 0 aromatic heterocycles. The summed E-state index contributed by atoms with van der Waals surface area (Å²) < 4.78 is 21.9. The van der Waals surface area contributed by atoms with E-state index in [0.717, 1.165) is 5.56 Å². The molecule has 0 unspecified atom stereocenters. The average Bonchev–Trinajstić information content (AvgIpc) is 3.25. The summed E-state index contributed by atoms with van der Waals surface area (Å²) in [7, 11) is 0. The van der Waals surface area contributed by atoms with Crippen molar-refractivity contribution in [2.24, 2.45) is 0 Å². The Labute approximate surface area is 131 Å². The van der Waals surface area contributed by atoms with Crippen LogP contribution in [-0.4, -0.2) is 44.1 Å². The molecule has 0 aliphatic carbocycles. The predicted molar refractivity (Wildman–Crippen MR) is 80.2 cm³/mol. The van der Waals surface area contributed by atoms with Crippen molar-refractivity contribution in [1.29, 1.82) is 0 Å². The molecule has 2 heterocycles. The Morgan fingerprint density at radius 3 is 1.73 bits per heavy atom. The highest BCUT2D eigenvalue weighted by molar-refractivity contribution is 5.22. The summed E-state index contributed by atoms with van der Waals surface area (Å²) >= 11 is 0. The van der Waals surface area contributed by atoms with Crippen LogP contribution in [0, 0.1) is 0 Å². The van der Waals surface area contributed by atoms with Gasteiger partial charge in [0.05, 0.1) is 32.0 Å². The molecule has 2 fully saturated rings. The number of rotatable bonds is 7. The molecule has 0 radical (unpaired) electrons. The van der Waals surface area contributed by atoms with Gasteiger partial charge in [0.15, 0.2) is 12.6 Å². The molecule has 0 amide bonds. The van der Waals surface area contributed by atoms with Crippen LogP contribution in [0.1, 0.15) is 31.2 Å². The van der Waals surface area contributed by atoms with Gasteiger partial charge in [-0.05, 0) is 18.4 Å². The first kappa shape index (κ1) is 15.9. The third-order valence-corrected chi connectivity index (χ3v) is 4.28.